The van der Waals surface area contributed by atoms with E-state index in [-0.39, 0.29) is 17.6 Å². The molecule has 1 unspecified atom stereocenters. The summed E-state index contributed by atoms with van der Waals surface area (Å²) in [6.07, 6.45) is 1.83. The van der Waals surface area contributed by atoms with Gasteiger partial charge >= 0.3 is 5.97 Å². The van der Waals surface area contributed by atoms with E-state index in [0.29, 0.717) is 23.8 Å². The second-order valence-corrected chi connectivity index (χ2v) is 7.56. The molecule has 2 aromatic carbocycles. The molecule has 0 N–H and O–H groups in total. The van der Waals surface area contributed by atoms with Gasteiger partial charge in [0.05, 0.1) is 41.1 Å². The van der Waals surface area contributed by atoms with E-state index in [9.17, 15) is 9.59 Å². The van der Waals surface area contributed by atoms with E-state index in [1.54, 1.807) is 29.2 Å². The summed E-state index contributed by atoms with van der Waals surface area (Å²) >= 11 is 1.45. The third kappa shape index (κ3) is 3.63. The molecule has 28 heavy (non-hydrogen) atoms. The lowest BCUT2D eigenvalue weighted by Gasteiger charge is -2.23. The van der Waals surface area contributed by atoms with Crippen molar-refractivity contribution >= 4 is 38.6 Å². The number of rotatable bonds is 5. The number of carbonyl (C=O) groups excluding carboxylic acids is 2. The predicted octanol–water partition coefficient (Wildman–Crippen LogP) is 3.91. The number of para-hydroxylation sites is 1. The Morgan fingerprint density at radius 2 is 1.93 bits per heavy atom. The number of carbonyl (C=O) groups is 2. The summed E-state index contributed by atoms with van der Waals surface area (Å²) in [5, 5.41) is 0.598. The summed E-state index contributed by atoms with van der Waals surface area (Å²) in [4.78, 5) is 31.9. The third-order valence-electron chi connectivity index (χ3n) is 4.73. The summed E-state index contributed by atoms with van der Waals surface area (Å²) in [6, 6.07) is 14.5. The first-order chi connectivity index (χ1) is 13.7. The molecule has 2 heterocycles. The lowest BCUT2D eigenvalue weighted by atomic mass is 10.1. The van der Waals surface area contributed by atoms with E-state index in [1.807, 2.05) is 24.3 Å². The number of amides is 1. The van der Waals surface area contributed by atoms with Crippen LogP contribution >= 0.6 is 11.3 Å². The third-order valence-corrected chi connectivity index (χ3v) is 5.79. The number of fused-ring (bicyclic) bond motifs is 1. The van der Waals surface area contributed by atoms with Crippen molar-refractivity contribution in [3.8, 4) is 0 Å². The monoisotopic (exact) mass is 396 g/mol. The van der Waals surface area contributed by atoms with Crippen LogP contribution in [-0.2, 0) is 9.47 Å². The molecule has 3 aromatic rings. The minimum atomic E-state index is -0.537. The number of ether oxygens (including phenoxy) is 2. The number of hydrogen-bond donors (Lipinski definition) is 0. The molecular formula is C21H20N2O4S. The zero-order valence-corrected chi connectivity index (χ0v) is 16.3. The van der Waals surface area contributed by atoms with E-state index in [1.165, 1.54) is 18.4 Å². The van der Waals surface area contributed by atoms with Crippen molar-refractivity contribution < 1.29 is 19.1 Å². The summed E-state index contributed by atoms with van der Waals surface area (Å²) < 4.78 is 11.6. The van der Waals surface area contributed by atoms with E-state index < -0.39 is 5.97 Å². The Labute approximate surface area is 166 Å². The number of nitrogens with zero attached hydrogens (tertiary/aromatic N) is 2. The highest BCUT2D eigenvalue weighted by atomic mass is 32.1. The maximum absolute atomic E-state index is 13.5. The van der Waals surface area contributed by atoms with Gasteiger partial charge in [0.2, 0.25) is 0 Å². The van der Waals surface area contributed by atoms with Crippen molar-refractivity contribution in [1.82, 2.24) is 4.98 Å². The highest BCUT2D eigenvalue weighted by molar-refractivity contribution is 7.22. The molecule has 0 bridgehead atoms. The molecule has 0 aliphatic carbocycles. The molecule has 7 heteroatoms. The van der Waals surface area contributed by atoms with Gasteiger partial charge in [-0.1, -0.05) is 35.6 Å². The number of aromatic nitrogens is 1. The van der Waals surface area contributed by atoms with Crippen LogP contribution < -0.4 is 4.90 Å². The van der Waals surface area contributed by atoms with Gasteiger partial charge in [-0.25, -0.2) is 9.78 Å². The van der Waals surface area contributed by atoms with Gasteiger partial charge in [-0.2, -0.15) is 0 Å². The molecule has 1 aliphatic rings. The van der Waals surface area contributed by atoms with Crippen LogP contribution in [0.5, 0.6) is 0 Å². The second-order valence-electron chi connectivity index (χ2n) is 6.55. The minimum Gasteiger partial charge on any atom is -0.465 e. The first-order valence-corrected chi connectivity index (χ1v) is 9.95. The Balaban J connectivity index is 1.74. The topological polar surface area (TPSA) is 68.7 Å². The van der Waals surface area contributed by atoms with Gasteiger partial charge < -0.3 is 9.47 Å². The molecule has 1 fully saturated rings. The largest absolute Gasteiger partial charge is 0.465 e. The van der Waals surface area contributed by atoms with Crippen molar-refractivity contribution in [1.29, 1.82) is 0 Å². The molecular weight excluding hydrogens is 376 g/mol. The van der Waals surface area contributed by atoms with Crippen LogP contribution in [0.4, 0.5) is 5.13 Å². The summed E-state index contributed by atoms with van der Waals surface area (Å²) in [5.74, 6) is -0.819. The lowest BCUT2D eigenvalue weighted by Crippen LogP contribution is -2.38. The number of hydrogen-bond acceptors (Lipinski definition) is 6. The van der Waals surface area contributed by atoms with Gasteiger partial charge in [-0.05, 0) is 37.1 Å². The van der Waals surface area contributed by atoms with E-state index in [0.717, 1.165) is 23.1 Å². The summed E-state index contributed by atoms with van der Waals surface area (Å²) in [5.41, 5.74) is 1.38. The van der Waals surface area contributed by atoms with Crippen molar-refractivity contribution in [3.63, 3.8) is 0 Å². The van der Waals surface area contributed by atoms with Crippen LogP contribution in [0.15, 0.2) is 48.5 Å². The average molecular weight is 396 g/mol. The first-order valence-electron chi connectivity index (χ1n) is 9.14. The van der Waals surface area contributed by atoms with Gasteiger partial charge in [0, 0.05) is 6.61 Å². The fourth-order valence-corrected chi connectivity index (χ4v) is 4.29. The Morgan fingerprint density at radius 3 is 2.64 bits per heavy atom. The maximum atomic E-state index is 13.5. The second kappa shape index (κ2) is 8.08. The molecule has 1 saturated heterocycles. The standard InChI is InChI=1S/C21H20N2O4S/c1-26-20(25)16-9-3-2-8-15(16)19(24)23(13-14-7-6-12-27-14)21-22-17-10-4-5-11-18(17)28-21/h2-5,8-11,14H,6-7,12-13H2,1H3. The Hall–Kier alpha value is -2.77. The number of methoxy groups -OCH3 is 1. The molecule has 0 saturated carbocycles. The van der Waals surface area contributed by atoms with Crippen molar-refractivity contribution in [2.45, 2.75) is 18.9 Å². The lowest BCUT2D eigenvalue weighted by molar-refractivity contribution is 0.0596. The van der Waals surface area contributed by atoms with Gasteiger partial charge in [-0.15, -0.1) is 0 Å². The van der Waals surface area contributed by atoms with Gasteiger partial charge in [0.25, 0.3) is 5.91 Å². The van der Waals surface area contributed by atoms with Gasteiger partial charge in [0.15, 0.2) is 5.13 Å². The van der Waals surface area contributed by atoms with Crippen LogP contribution in [0.1, 0.15) is 33.6 Å². The number of anilines is 1. The Morgan fingerprint density at radius 1 is 1.18 bits per heavy atom. The molecule has 4 rings (SSSR count). The first kappa shape index (κ1) is 18.6. The van der Waals surface area contributed by atoms with E-state index >= 15 is 0 Å². The molecule has 1 amide bonds. The summed E-state index contributed by atoms with van der Waals surface area (Å²) in [6.45, 7) is 1.10. The SMILES string of the molecule is COC(=O)c1ccccc1C(=O)N(CC1CCCO1)c1nc2ccccc2s1. The van der Waals surface area contributed by atoms with E-state index in [4.69, 9.17) is 9.47 Å². The fourth-order valence-electron chi connectivity index (χ4n) is 3.32. The predicted molar refractivity (Wildman–Crippen MR) is 108 cm³/mol. The van der Waals surface area contributed by atoms with Crippen molar-refractivity contribution in [3.05, 3.63) is 59.7 Å². The molecule has 144 valence electrons. The highest BCUT2D eigenvalue weighted by Gasteiger charge is 2.29. The molecule has 6 nitrogen and oxygen atoms in total. The number of benzene rings is 2. The molecule has 1 atom stereocenters. The van der Waals surface area contributed by atoms with Crippen molar-refractivity contribution in [2.75, 3.05) is 25.2 Å². The van der Waals surface area contributed by atoms with Gasteiger partial charge in [0.1, 0.15) is 0 Å². The number of thiazole rings is 1. The van der Waals surface area contributed by atoms with Gasteiger partial charge in [-0.3, -0.25) is 9.69 Å². The zero-order chi connectivity index (χ0) is 19.5. The molecule has 1 aromatic heterocycles. The fraction of sp³-hybridized carbons (Fsp3) is 0.286. The minimum absolute atomic E-state index is 0.0405. The smallest absolute Gasteiger partial charge is 0.338 e. The summed E-state index contributed by atoms with van der Waals surface area (Å²) in [7, 11) is 1.31. The Kier molecular flexibility index (Phi) is 5.36. The normalized spacial score (nSPS) is 16.2. The zero-order valence-electron chi connectivity index (χ0n) is 15.5. The molecule has 1 aliphatic heterocycles. The Bertz CT molecular complexity index is 977. The highest BCUT2D eigenvalue weighted by Crippen LogP contribution is 2.31. The van der Waals surface area contributed by atoms with Crippen LogP contribution in [-0.4, -0.2) is 43.2 Å². The maximum Gasteiger partial charge on any atom is 0.338 e. The quantitative estimate of drug-likeness (QED) is 0.612. The van der Waals surface area contributed by atoms with Crippen LogP contribution in [0.3, 0.4) is 0 Å². The number of esters is 1. The van der Waals surface area contributed by atoms with Crippen molar-refractivity contribution in [2.24, 2.45) is 0 Å². The van der Waals surface area contributed by atoms with E-state index in [2.05, 4.69) is 4.98 Å². The molecule has 0 spiro atoms. The molecule has 0 radical (unpaired) electrons. The van der Waals surface area contributed by atoms with Crippen LogP contribution in [0, 0.1) is 0 Å². The average Bonchev–Trinajstić information content (AvgIpc) is 3.40. The van der Waals surface area contributed by atoms with Crippen LogP contribution in [0.2, 0.25) is 0 Å². The van der Waals surface area contributed by atoms with Crippen LogP contribution in [0.25, 0.3) is 10.2 Å².